The Morgan fingerprint density at radius 2 is 2.06 bits per heavy atom. The predicted octanol–water partition coefficient (Wildman–Crippen LogP) is 2.56. The van der Waals surface area contributed by atoms with E-state index in [0.29, 0.717) is 6.04 Å². The summed E-state index contributed by atoms with van der Waals surface area (Å²) in [5.41, 5.74) is 3.41. The molecule has 0 aliphatic carbocycles. The second kappa shape index (κ2) is 5.74. The van der Waals surface area contributed by atoms with Crippen molar-refractivity contribution in [3.63, 3.8) is 0 Å². The molecule has 0 aromatic carbocycles. The lowest BCUT2D eigenvalue weighted by atomic mass is 9.90. The second-order valence-electron chi connectivity index (χ2n) is 5.51. The SMILES string of the molecule is CCN1CCC(C(C)Nc2c(C)n[nH]c2C)CC1. The fraction of sp³-hybridized carbons (Fsp3) is 0.786. The van der Waals surface area contributed by atoms with Gasteiger partial charge in [0.15, 0.2) is 0 Å². The van der Waals surface area contributed by atoms with E-state index < -0.39 is 0 Å². The lowest BCUT2D eigenvalue weighted by molar-refractivity contribution is 0.183. The van der Waals surface area contributed by atoms with Gasteiger partial charge in [0.2, 0.25) is 0 Å². The van der Waals surface area contributed by atoms with Crippen LogP contribution in [0.2, 0.25) is 0 Å². The molecule has 1 aliphatic rings. The summed E-state index contributed by atoms with van der Waals surface area (Å²) in [4.78, 5) is 2.54. The molecule has 1 aliphatic heterocycles. The molecule has 1 atom stereocenters. The van der Waals surface area contributed by atoms with Crippen molar-refractivity contribution in [2.24, 2.45) is 5.92 Å². The van der Waals surface area contributed by atoms with Gasteiger partial charge in [-0.25, -0.2) is 0 Å². The van der Waals surface area contributed by atoms with Gasteiger partial charge in [-0.15, -0.1) is 0 Å². The lowest BCUT2D eigenvalue weighted by Crippen LogP contribution is -2.39. The molecule has 2 rings (SSSR count). The molecule has 2 N–H and O–H groups in total. The number of aromatic amines is 1. The number of piperidine rings is 1. The van der Waals surface area contributed by atoms with Crippen LogP contribution in [0.1, 0.15) is 38.1 Å². The average molecular weight is 250 g/mol. The second-order valence-corrected chi connectivity index (χ2v) is 5.51. The Hall–Kier alpha value is -1.03. The molecule has 2 heterocycles. The van der Waals surface area contributed by atoms with Crippen LogP contribution in [0.3, 0.4) is 0 Å². The first kappa shape index (κ1) is 13.4. The van der Waals surface area contributed by atoms with Gasteiger partial charge in [-0.1, -0.05) is 6.92 Å². The summed E-state index contributed by atoms with van der Waals surface area (Å²) in [5, 5.41) is 10.9. The van der Waals surface area contributed by atoms with Gasteiger partial charge in [0.1, 0.15) is 0 Å². The quantitative estimate of drug-likeness (QED) is 0.863. The molecule has 0 spiro atoms. The molecule has 1 aromatic rings. The van der Waals surface area contributed by atoms with Crippen molar-refractivity contribution < 1.29 is 0 Å². The average Bonchev–Trinajstić information content (AvgIpc) is 2.70. The summed E-state index contributed by atoms with van der Waals surface area (Å²) in [5.74, 6) is 0.779. The number of aryl methyl sites for hydroxylation is 2. The third-order valence-corrected chi connectivity index (χ3v) is 4.29. The largest absolute Gasteiger partial charge is 0.379 e. The van der Waals surface area contributed by atoms with E-state index >= 15 is 0 Å². The van der Waals surface area contributed by atoms with Crippen LogP contribution in [0.5, 0.6) is 0 Å². The van der Waals surface area contributed by atoms with E-state index in [9.17, 15) is 0 Å². The zero-order valence-corrected chi connectivity index (χ0v) is 12.1. The molecule has 1 fully saturated rings. The standard InChI is InChI=1S/C14H26N4/c1-5-18-8-6-13(7-9-18)10(2)15-14-11(3)16-17-12(14)4/h10,13,15H,5-9H2,1-4H3,(H,16,17). The molecule has 102 valence electrons. The Morgan fingerprint density at radius 1 is 1.39 bits per heavy atom. The van der Waals surface area contributed by atoms with Gasteiger partial charge in [-0.2, -0.15) is 5.10 Å². The Bertz CT molecular complexity index is 358. The first-order valence-corrected chi connectivity index (χ1v) is 7.12. The smallest absolute Gasteiger partial charge is 0.0825 e. The van der Waals surface area contributed by atoms with Crippen LogP contribution in [0.4, 0.5) is 5.69 Å². The summed E-state index contributed by atoms with van der Waals surface area (Å²) >= 11 is 0. The number of hydrogen-bond acceptors (Lipinski definition) is 3. The molecule has 0 amide bonds. The molecule has 4 heteroatoms. The molecular formula is C14H26N4. The van der Waals surface area contributed by atoms with Crippen molar-refractivity contribution in [1.82, 2.24) is 15.1 Å². The van der Waals surface area contributed by atoms with Crippen molar-refractivity contribution in [2.45, 2.75) is 46.6 Å². The van der Waals surface area contributed by atoms with Crippen LogP contribution < -0.4 is 5.32 Å². The summed E-state index contributed by atoms with van der Waals surface area (Å²) in [7, 11) is 0. The molecule has 1 unspecified atom stereocenters. The maximum absolute atomic E-state index is 4.24. The van der Waals surface area contributed by atoms with Crippen LogP contribution in [-0.2, 0) is 0 Å². The van der Waals surface area contributed by atoms with Gasteiger partial charge in [-0.05, 0) is 59.2 Å². The number of nitrogens with zero attached hydrogens (tertiary/aromatic N) is 2. The summed E-state index contributed by atoms with van der Waals surface area (Å²) < 4.78 is 0. The van der Waals surface area contributed by atoms with Gasteiger partial charge in [0.05, 0.1) is 17.1 Å². The van der Waals surface area contributed by atoms with E-state index in [1.54, 1.807) is 0 Å². The molecule has 1 saturated heterocycles. The van der Waals surface area contributed by atoms with E-state index in [-0.39, 0.29) is 0 Å². The van der Waals surface area contributed by atoms with Crippen molar-refractivity contribution >= 4 is 5.69 Å². The predicted molar refractivity (Wildman–Crippen MR) is 76.0 cm³/mol. The van der Waals surface area contributed by atoms with Gasteiger partial charge < -0.3 is 10.2 Å². The van der Waals surface area contributed by atoms with Gasteiger partial charge in [0.25, 0.3) is 0 Å². The third-order valence-electron chi connectivity index (χ3n) is 4.29. The summed E-state index contributed by atoms with van der Waals surface area (Å²) in [6.07, 6.45) is 2.61. The van der Waals surface area contributed by atoms with E-state index in [0.717, 1.165) is 17.3 Å². The highest BCUT2D eigenvalue weighted by Crippen LogP contribution is 2.25. The van der Waals surface area contributed by atoms with Crippen molar-refractivity contribution in [3.05, 3.63) is 11.4 Å². The first-order chi connectivity index (χ1) is 8.61. The van der Waals surface area contributed by atoms with Crippen molar-refractivity contribution in [1.29, 1.82) is 0 Å². The number of H-pyrrole nitrogens is 1. The summed E-state index contributed by atoms with van der Waals surface area (Å²) in [6.45, 7) is 12.4. The van der Waals surface area contributed by atoms with Crippen LogP contribution in [-0.4, -0.2) is 40.8 Å². The minimum Gasteiger partial charge on any atom is -0.379 e. The van der Waals surface area contributed by atoms with E-state index in [1.165, 1.54) is 38.2 Å². The van der Waals surface area contributed by atoms with Gasteiger partial charge in [0, 0.05) is 6.04 Å². The molecule has 0 saturated carbocycles. The molecular weight excluding hydrogens is 224 g/mol. The van der Waals surface area contributed by atoms with Gasteiger partial charge in [-0.3, -0.25) is 5.10 Å². The fourth-order valence-corrected chi connectivity index (χ4v) is 2.88. The summed E-state index contributed by atoms with van der Waals surface area (Å²) in [6, 6.07) is 0.527. The topological polar surface area (TPSA) is 44.0 Å². The minimum absolute atomic E-state index is 0.527. The minimum atomic E-state index is 0.527. The number of likely N-dealkylation sites (tertiary alicyclic amines) is 1. The highest BCUT2D eigenvalue weighted by atomic mass is 15.2. The number of nitrogens with one attached hydrogen (secondary N) is 2. The number of aromatic nitrogens is 2. The van der Waals surface area contributed by atoms with Crippen LogP contribution >= 0.6 is 0 Å². The fourth-order valence-electron chi connectivity index (χ4n) is 2.88. The first-order valence-electron chi connectivity index (χ1n) is 7.12. The van der Waals surface area contributed by atoms with Crippen LogP contribution in [0.15, 0.2) is 0 Å². The Morgan fingerprint density at radius 3 is 2.56 bits per heavy atom. The molecule has 18 heavy (non-hydrogen) atoms. The monoisotopic (exact) mass is 250 g/mol. The molecule has 4 nitrogen and oxygen atoms in total. The highest BCUT2D eigenvalue weighted by Gasteiger charge is 2.24. The zero-order chi connectivity index (χ0) is 13.1. The Labute approximate surface area is 110 Å². The Balaban J connectivity index is 1.91. The maximum atomic E-state index is 4.24. The number of hydrogen-bond donors (Lipinski definition) is 2. The third kappa shape index (κ3) is 2.86. The maximum Gasteiger partial charge on any atom is 0.0825 e. The Kier molecular flexibility index (Phi) is 4.27. The van der Waals surface area contributed by atoms with E-state index in [4.69, 9.17) is 0 Å². The highest BCUT2D eigenvalue weighted by molar-refractivity contribution is 5.52. The van der Waals surface area contributed by atoms with E-state index in [1.807, 2.05) is 0 Å². The number of rotatable bonds is 4. The van der Waals surface area contributed by atoms with E-state index in [2.05, 4.69) is 48.1 Å². The molecule has 1 aromatic heterocycles. The number of anilines is 1. The normalized spacial score (nSPS) is 20.0. The molecule has 0 bridgehead atoms. The van der Waals surface area contributed by atoms with Crippen LogP contribution in [0, 0.1) is 19.8 Å². The van der Waals surface area contributed by atoms with Crippen LogP contribution in [0.25, 0.3) is 0 Å². The van der Waals surface area contributed by atoms with Crippen molar-refractivity contribution in [2.75, 3.05) is 25.0 Å². The van der Waals surface area contributed by atoms with Crippen molar-refractivity contribution in [3.8, 4) is 0 Å². The zero-order valence-electron chi connectivity index (χ0n) is 12.1. The van der Waals surface area contributed by atoms with Gasteiger partial charge >= 0.3 is 0 Å². The lowest BCUT2D eigenvalue weighted by Gasteiger charge is -2.34. The molecule has 0 radical (unpaired) electrons.